The molecule has 0 bridgehead atoms. The van der Waals surface area contributed by atoms with E-state index in [4.69, 9.17) is 4.74 Å². The van der Waals surface area contributed by atoms with E-state index in [0.717, 1.165) is 16.6 Å². The standard InChI is InChI=1S/C17H26N6O2S/c1-11-7-22(8-12(2)25-11)14(24)10-23-9-13(6-18-23)19-16-20-15(21-26-16)17(3,4)5/h6,9,11-12H,7-8,10H2,1-5H3,(H,19,20,21). The molecule has 3 rings (SSSR count). The normalized spacial score (nSPS) is 21.0. The van der Waals surface area contributed by atoms with Crippen LogP contribution in [0, 0.1) is 0 Å². The van der Waals surface area contributed by atoms with E-state index in [1.165, 1.54) is 11.5 Å². The van der Waals surface area contributed by atoms with Gasteiger partial charge in [-0.2, -0.15) is 9.47 Å². The van der Waals surface area contributed by atoms with E-state index in [1.54, 1.807) is 10.9 Å². The molecule has 0 saturated carbocycles. The molecule has 0 aliphatic carbocycles. The maximum Gasteiger partial charge on any atom is 0.244 e. The second-order valence-electron chi connectivity index (χ2n) is 7.78. The second kappa shape index (κ2) is 7.32. The number of morpholine rings is 1. The van der Waals surface area contributed by atoms with Crippen LogP contribution in [-0.4, -0.2) is 55.2 Å². The van der Waals surface area contributed by atoms with Gasteiger partial charge in [-0.1, -0.05) is 20.8 Å². The number of rotatable bonds is 4. The molecule has 9 heteroatoms. The second-order valence-corrected chi connectivity index (χ2v) is 8.53. The predicted octanol–water partition coefficient (Wildman–Crippen LogP) is 2.41. The SMILES string of the molecule is CC1CN(C(=O)Cn2cc(Nc3nc(C(C)(C)C)ns3)cn2)CC(C)O1. The number of hydrogen-bond donors (Lipinski definition) is 1. The summed E-state index contributed by atoms with van der Waals surface area (Å²) in [7, 11) is 0. The Morgan fingerprint density at radius 3 is 2.65 bits per heavy atom. The van der Waals surface area contributed by atoms with Crippen LogP contribution in [-0.2, 0) is 21.5 Å². The summed E-state index contributed by atoms with van der Waals surface area (Å²) in [5.41, 5.74) is 0.706. The molecule has 1 aliphatic rings. The van der Waals surface area contributed by atoms with Gasteiger partial charge < -0.3 is 15.0 Å². The Labute approximate surface area is 157 Å². The molecule has 2 atom stereocenters. The van der Waals surface area contributed by atoms with Gasteiger partial charge in [-0.15, -0.1) is 0 Å². The van der Waals surface area contributed by atoms with Crippen LogP contribution in [0.1, 0.15) is 40.4 Å². The average molecular weight is 379 g/mol. The van der Waals surface area contributed by atoms with Crippen molar-refractivity contribution in [3.63, 3.8) is 0 Å². The van der Waals surface area contributed by atoms with Gasteiger partial charge in [0.2, 0.25) is 11.0 Å². The molecular formula is C17H26N6O2S. The third-order valence-electron chi connectivity index (χ3n) is 4.05. The summed E-state index contributed by atoms with van der Waals surface area (Å²) in [4.78, 5) is 18.9. The highest BCUT2D eigenvalue weighted by atomic mass is 32.1. The maximum absolute atomic E-state index is 12.5. The average Bonchev–Trinajstić information content (AvgIpc) is 3.16. The van der Waals surface area contributed by atoms with E-state index in [0.29, 0.717) is 13.1 Å². The van der Waals surface area contributed by atoms with Crippen LogP contribution in [0.2, 0.25) is 0 Å². The van der Waals surface area contributed by atoms with Gasteiger partial charge in [0.05, 0.1) is 24.1 Å². The lowest BCUT2D eigenvalue weighted by atomic mass is 9.96. The molecule has 142 valence electrons. The molecule has 1 amide bonds. The molecule has 0 radical (unpaired) electrons. The highest BCUT2D eigenvalue weighted by Crippen LogP contribution is 2.25. The number of nitrogens with one attached hydrogen (secondary N) is 1. The van der Waals surface area contributed by atoms with Crippen molar-refractivity contribution in [2.75, 3.05) is 18.4 Å². The summed E-state index contributed by atoms with van der Waals surface area (Å²) >= 11 is 1.32. The first-order chi connectivity index (χ1) is 12.2. The monoisotopic (exact) mass is 378 g/mol. The molecule has 2 unspecified atom stereocenters. The van der Waals surface area contributed by atoms with Gasteiger partial charge in [0.25, 0.3) is 0 Å². The van der Waals surface area contributed by atoms with Crippen LogP contribution in [0.25, 0.3) is 0 Å². The van der Waals surface area contributed by atoms with Crippen LogP contribution in [0.5, 0.6) is 0 Å². The fourth-order valence-electron chi connectivity index (χ4n) is 2.84. The first kappa shape index (κ1) is 18.8. The minimum Gasteiger partial charge on any atom is -0.372 e. The number of anilines is 2. The summed E-state index contributed by atoms with van der Waals surface area (Å²) in [6.07, 6.45) is 3.62. The Hall–Kier alpha value is -2.00. The molecular weight excluding hydrogens is 352 g/mol. The zero-order valence-corrected chi connectivity index (χ0v) is 16.7. The van der Waals surface area contributed by atoms with Crippen LogP contribution < -0.4 is 5.32 Å². The van der Waals surface area contributed by atoms with Crippen molar-refractivity contribution in [2.24, 2.45) is 0 Å². The number of hydrogen-bond acceptors (Lipinski definition) is 7. The quantitative estimate of drug-likeness (QED) is 0.879. The summed E-state index contributed by atoms with van der Waals surface area (Å²) in [6.45, 7) is 11.7. The van der Waals surface area contributed by atoms with Crippen molar-refractivity contribution >= 4 is 28.3 Å². The third kappa shape index (κ3) is 4.59. The van der Waals surface area contributed by atoms with Gasteiger partial charge in [0, 0.05) is 36.2 Å². The van der Waals surface area contributed by atoms with Gasteiger partial charge in [-0.25, -0.2) is 4.98 Å². The number of ether oxygens (including phenoxy) is 1. The lowest BCUT2D eigenvalue weighted by Gasteiger charge is -2.35. The zero-order chi connectivity index (χ0) is 18.9. The minimum atomic E-state index is -0.0839. The van der Waals surface area contributed by atoms with Crippen molar-refractivity contribution in [1.29, 1.82) is 0 Å². The van der Waals surface area contributed by atoms with E-state index in [-0.39, 0.29) is 30.1 Å². The van der Waals surface area contributed by atoms with Crippen LogP contribution in [0.4, 0.5) is 10.8 Å². The molecule has 1 fully saturated rings. The van der Waals surface area contributed by atoms with Crippen LogP contribution in [0.3, 0.4) is 0 Å². The third-order valence-corrected chi connectivity index (χ3v) is 4.68. The molecule has 1 aliphatic heterocycles. The van der Waals surface area contributed by atoms with Gasteiger partial charge in [-0.3, -0.25) is 9.48 Å². The Kier molecular flexibility index (Phi) is 5.29. The topological polar surface area (TPSA) is 85.2 Å². The number of carbonyl (C=O) groups excluding carboxylic acids is 1. The van der Waals surface area contributed by atoms with Crippen LogP contribution in [0.15, 0.2) is 12.4 Å². The Balaban J connectivity index is 1.59. The van der Waals surface area contributed by atoms with Crippen molar-refractivity contribution in [3.05, 3.63) is 18.2 Å². The lowest BCUT2D eigenvalue weighted by molar-refractivity contribution is -0.144. The molecule has 2 aromatic rings. The molecule has 8 nitrogen and oxygen atoms in total. The summed E-state index contributed by atoms with van der Waals surface area (Å²) in [5, 5.41) is 8.19. The Morgan fingerprint density at radius 1 is 1.35 bits per heavy atom. The van der Waals surface area contributed by atoms with Crippen LogP contribution >= 0.6 is 11.5 Å². The lowest BCUT2D eigenvalue weighted by Crippen LogP contribution is -2.49. The molecule has 3 heterocycles. The van der Waals surface area contributed by atoms with Crippen molar-refractivity contribution in [3.8, 4) is 0 Å². The Morgan fingerprint density at radius 2 is 2.04 bits per heavy atom. The highest BCUT2D eigenvalue weighted by molar-refractivity contribution is 7.09. The first-order valence-corrected chi connectivity index (χ1v) is 9.55. The summed E-state index contributed by atoms with van der Waals surface area (Å²) in [6, 6.07) is 0. The number of carbonyl (C=O) groups is 1. The van der Waals surface area contributed by atoms with Gasteiger partial charge in [-0.05, 0) is 13.8 Å². The predicted molar refractivity (Wildman–Crippen MR) is 101 cm³/mol. The molecule has 26 heavy (non-hydrogen) atoms. The summed E-state index contributed by atoms with van der Waals surface area (Å²) in [5.74, 6) is 0.857. The Bertz CT molecular complexity index is 755. The number of aromatic nitrogens is 4. The van der Waals surface area contributed by atoms with E-state index >= 15 is 0 Å². The van der Waals surface area contributed by atoms with E-state index in [2.05, 4.69) is 40.5 Å². The number of nitrogens with zero attached hydrogens (tertiary/aromatic N) is 5. The highest BCUT2D eigenvalue weighted by Gasteiger charge is 2.26. The van der Waals surface area contributed by atoms with Crippen molar-refractivity contribution < 1.29 is 9.53 Å². The van der Waals surface area contributed by atoms with Gasteiger partial charge in [0.15, 0.2) is 0 Å². The molecule has 1 saturated heterocycles. The minimum absolute atomic E-state index is 0.0487. The van der Waals surface area contributed by atoms with E-state index < -0.39 is 0 Å². The molecule has 2 aromatic heterocycles. The smallest absolute Gasteiger partial charge is 0.244 e. The fraction of sp³-hybridized carbons (Fsp3) is 0.647. The van der Waals surface area contributed by atoms with Crippen molar-refractivity contribution in [1.82, 2.24) is 24.0 Å². The molecule has 1 N–H and O–H groups in total. The zero-order valence-electron chi connectivity index (χ0n) is 15.9. The van der Waals surface area contributed by atoms with Crippen molar-refractivity contribution in [2.45, 2.75) is 58.8 Å². The molecule has 0 spiro atoms. The fourth-order valence-corrected chi connectivity index (χ4v) is 3.62. The van der Waals surface area contributed by atoms with E-state index in [9.17, 15) is 4.79 Å². The maximum atomic E-state index is 12.5. The molecule has 0 aromatic carbocycles. The largest absolute Gasteiger partial charge is 0.372 e. The first-order valence-electron chi connectivity index (χ1n) is 8.77. The van der Waals surface area contributed by atoms with Gasteiger partial charge in [0.1, 0.15) is 12.4 Å². The number of amides is 1. The van der Waals surface area contributed by atoms with E-state index in [1.807, 2.05) is 24.9 Å². The van der Waals surface area contributed by atoms with Gasteiger partial charge >= 0.3 is 0 Å². The summed E-state index contributed by atoms with van der Waals surface area (Å²) < 4.78 is 11.7.